The predicted octanol–water partition coefficient (Wildman–Crippen LogP) is 4.48. The van der Waals surface area contributed by atoms with Crippen molar-refractivity contribution in [1.29, 1.82) is 0 Å². The Balaban J connectivity index is 1.91. The standard InChI is InChI=1S/C16H26INO/c1-14(2)13-18-10-5-3-4-6-11-19-16-9-7-8-15(17)12-16/h7-9,12,14,18H,3-6,10-11,13H2,1-2H3. The fourth-order valence-electron chi connectivity index (χ4n) is 1.84. The van der Waals surface area contributed by atoms with Gasteiger partial charge in [0.25, 0.3) is 0 Å². The second-order valence-electron chi connectivity index (χ2n) is 5.32. The summed E-state index contributed by atoms with van der Waals surface area (Å²) in [5.74, 6) is 1.74. The maximum atomic E-state index is 5.73. The van der Waals surface area contributed by atoms with Gasteiger partial charge in [0.05, 0.1) is 6.61 Å². The number of ether oxygens (including phenoxy) is 1. The number of hydrogen-bond donors (Lipinski definition) is 1. The van der Waals surface area contributed by atoms with Crippen LogP contribution in [-0.4, -0.2) is 19.7 Å². The number of unbranched alkanes of at least 4 members (excludes halogenated alkanes) is 3. The summed E-state index contributed by atoms with van der Waals surface area (Å²) in [5, 5.41) is 3.48. The summed E-state index contributed by atoms with van der Waals surface area (Å²) in [5.41, 5.74) is 0. The fourth-order valence-corrected chi connectivity index (χ4v) is 2.36. The lowest BCUT2D eigenvalue weighted by atomic mass is 10.2. The zero-order valence-corrected chi connectivity index (χ0v) is 14.3. The molecular weight excluding hydrogens is 349 g/mol. The highest BCUT2D eigenvalue weighted by atomic mass is 127. The molecular formula is C16H26INO. The molecule has 0 aliphatic carbocycles. The number of nitrogens with one attached hydrogen (secondary N) is 1. The third kappa shape index (κ3) is 9.27. The molecule has 0 bridgehead atoms. The average molecular weight is 375 g/mol. The summed E-state index contributed by atoms with van der Waals surface area (Å²) in [7, 11) is 0. The molecule has 3 heteroatoms. The van der Waals surface area contributed by atoms with E-state index in [0.717, 1.165) is 37.8 Å². The van der Waals surface area contributed by atoms with Gasteiger partial charge in [-0.3, -0.25) is 0 Å². The van der Waals surface area contributed by atoms with Crippen molar-refractivity contribution in [2.75, 3.05) is 19.7 Å². The van der Waals surface area contributed by atoms with Gasteiger partial charge in [0, 0.05) is 3.57 Å². The third-order valence-corrected chi connectivity index (χ3v) is 3.54. The fraction of sp³-hybridized carbons (Fsp3) is 0.625. The first-order chi connectivity index (χ1) is 9.18. The first-order valence-corrected chi connectivity index (χ1v) is 8.35. The normalized spacial score (nSPS) is 10.9. The van der Waals surface area contributed by atoms with Crippen LogP contribution in [0.3, 0.4) is 0 Å². The molecule has 0 unspecified atom stereocenters. The Morgan fingerprint density at radius 3 is 2.68 bits per heavy atom. The molecule has 2 nitrogen and oxygen atoms in total. The third-order valence-electron chi connectivity index (χ3n) is 2.87. The predicted molar refractivity (Wildman–Crippen MR) is 90.8 cm³/mol. The molecule has 0 spiro atoms. The molecule has 0 atom stereocenters. The minimum Gasteiger partial charge on any atom is -0.494 e. The van der Waals surface area contributed by atoms with Crippen molar-refractivity contribution >= 4 is 22.6 Å². The number of halogens is 1. The highest BCUT2D eigenvalue weighted by molar-refractivity contribution is 14.1. The van der Waals surface area contributed by atoms with Crippen LogP contribution in [0.2, 0.25) is 0 Å². The van der Waals surface area contributed by atoms with Crippen LogP contribution in [0, 0.1) is 9.49 Å². The molecule has 0 saturated carbocycles. The van der Waals surface area contributed by atoms with Crippen LogP contribution in [0.5, 0.6) is 5.75 Å². The molecule has 0 amide bonds. The van der Waals surface area contributed by atoms with E-state index in [4.69, 9.17) is 4.74 Å². The van der Waals surface area contributed by atoms with Gasteiger partial charge in [-0.2, -0.15) is 0 Å². The summed E-state index contributed by atoms with van der Waals surface area (Å²) < 4.78 is 6.95. The zero-order valence-electron chi connectivity index (χ0n) is 12.1. The summed E-state index contributed by atoms with van der Waals surface area (Å²) in [6, 6.07) is 8.23. The minimum atomic E-state index is 0.752. The molecule has 0 aliphatic heterocycles. The van der Waals surface area contributed by atoms with Crippen molar-refractivity contribution in [2.45, 2.75) is 39.5 Å². The van der Waals surface area contributed by atoms with Crippen molar-refractivity contribution in [3.05, 3.63) is 27.8 Å². The van der Waals surface area contributed by atoms with E-state index in [0.29, 0.717) is 0 Å². The molecule has 1 N–H and O–H groups in total. The van der Waals surface area contributed by atoms with Crippen molar-refractivity contribution in [2.24, 2.45) is 5.92 Å². The van der Waals surface area contributed by atoms with E-state index < -0.39 is 0 Å². The SMILES string of the molecule is CC(C)CNCCCCCCOc1cccc(I)c1. The topological polar surface area (TPSA) is 21.3 Å². The largest absolute Gasteiger partial charge is 0.494 e. The van der Waals surface area contributed by atoms with Gasteiger partial charge in [-0.25, -0.2) is 0 Å². The Labute approximate surface area is 131 Å². The van der Waals surface area contributed by atoms with Crippen LogP contribution in [0.4, 0.5) is 0 Å². The zero-order chi connectivity index (χ0) is 13.9. The summed E-state index contributed by atoms with van der Waals surface area (Å²) in [6.07, 6.45) is 4.97. The molecule has 1 aromatic rings. The van der Waals surface area contributed by atoms with Crippen molar-refractivity contribution < 1.29 is 4.74 Å². The smallest absolute Gasteiger partial charge is 0.120 e. The van der Waals surface area contributed by atoms with E-state index >= 15 is 0 Å². The highest BCUT2D eigenvalue weighted by Gasteiger charge is 1.96. The van der Waals surface area contributed by atoms with Crippen LogP contribution in [0.25, 0.3) is 0 Å². The molecule has 1 rings (SSSR count). The van der Waals surface area contributed by atoms with E-state index in [1.807, 2.05) is 12.1 Å². The van der Waals surface area contributed by atoms with Crippen LogP contribution in [-0.2, 0) is 0 Å². The maximum Gasteiger partial charge on any atom is 0.120 e. The molecule has 108 valence electrons. The van der Waals surface area contributed by atoms with Crippen LogP contribution in [0.1, 0.15) is 39.5 Å². The van der Waals surface area contributed by atoms with Crippen molar-refractivity contribution in [3.8, 4) is 5.75 Å². The number of benzene rings is 1. The Bertz CT molecular complexity index is 341. The van der Waals surface area contributed by atoms with Crippen molar-refractivity contribution in [1.82, 2.24) is 5.32 Å². The molecule has 0 saturated heterocycles. The van der Waals surface area contributed by atoms with Gasteiger partial charge in [0.1, 0.15) is 5.75 Å². The van der Waals surface area contributed by atoms with E-state index in [9.17, 15) is 0 Å². The van der Waals surface area contributed by atoms with Gasteiger partial charge >= 0.3 is 0 Å². The van der Waals surface area contributed by atoms with Crippen LogP contribution >= 0.6 is 22.6 Å². The van der Waals surface area contributed by atoms with Gasteiger partial charge in [0.15, 0.2) is 0 Å². The summed E-state index contributed by atoms with van der Waals surface area (Å²) in [6.45, 7) is 7.61. The van der Waals surface area contributed by atoms with Crippen molar-refractivity contribution in [3.63, 3.8) is 0 Å². The molecule has 1 aromatic carbocycles. The quantitative estimate of drug-likeness (QED) is 0.481. The minimum absolute atomic E-state index is 0.752. The molecule has 0 fully saturated rings. The Hall–Kier alpha value is -0.290. The lowest BCUT2D eigenvalue weighted by molar-refractivity contribution is 0.304. The first kappa shape index (κ1) is 16.8. The van der Waals surface area contributed by atoms with E-state index in [1.165, 1.54) is 22.8 Å². The van der Waals surface area contributed by atoms with Crippen LogP contribution < -0.4 is 10.1 Å². The molecule has 19 heavy (non-hydrogen) atoms. The Morgan fingerprint density at radius 1 is 1.16 bits per heavy atom. The van der Waals surface area contributed by atoms with E-state index in [2.05, 4.69) is 53.9 Å². The Morgan fingerprint density at radius 2 is 1.95 bits per heavy atom. The van der Waals surface area contributed by atoms with Gasteiger partial charge in [-0.1, -0.05) is 32.8 Å². The molecule has 0 radical (unpaired) electrons. The summed E-state index contributed by atoms with van der Waals surface area (Å²) >= 11 is 2.31. The lowest BCUT2D eigenvalue weighted by Crippen LogP contribution is -2.20. The molecule has 0 heterocycles. The lowest BCUT2D eigenvalue weighted by Gasteiger charge is -2.08. The highest BCUT2D eigenvalue weighted by Crippen LogP contribution is 2.15. The molecule has 0 aliphatic rings. The first-order valence-electron chi connectivity index (χ1n) is 7.27. The van der Waals surface area contributed by atoms with Gasteiger partial charge in [-0.15, -0.1) is 0 Å². The summed E-state index contributed by atoms with van der Waals surface area (Å²) in [4.78, 5) is 0. The number of hydrogen-bond acceptors (Lipinski definition) is 2. The molecule has 0 aromatic heterocycles. The van der Waals surface area contributed by atoms with Gasteiger partial charge in [-0.05, 0) is 72.6 Å². The number of rotatable bonds is 10. The van der Waals surface area contributed by atoms with E-state index in [-0.39, 0.29) is 0 Å². The monoisotopic (exact) mass is 375 g/mol. The van der Waals surface area contributed by atoms with E-state index in [1.54, 1.807) is 0 Å². The van der Waals surface area contributed by atoms with Gasteiger partial charge in [0.2, 0.25) is 0 Å². The Kier molecular flexibility index (Phi) is 9.26. The average Bonchev–Trinajstić information content (AvgIpc) is 2.36. The second kappa shape index (κ2) is 10.5. The maximum absolute atomic E-state index is 5.73. The van der Waals surface area contributed by atoms with Crippen LogP contribution in [0.15, 0.2) is 24.3 Å². The van der Waals surface area contributed by atoms with Gasteiger partial charge < -0.3 is 10.1 Å². The second-order valence-corrected chi connectivity index (χ2v) is 6.56.